The molecule has 7 nitrogen and oxygen atoms in total. The number of Topliss-reactive ketones (excluding diaryl/α,β-unsaturated/α-hetero) is 1. The Morgan fingerprint density at radius 1 is 1.28 bits per heavy atom. The highest BCUT2D eigenvalue weighted by Gasteiger charge is 2.35. The molecule has 3 heterocycles. The molecule has 0 spiro atoms. The average Bonchev–Trinajstić information content (AvgIpc) is 3.03. The van der Waals surface area contributed by atoms with Gasteiger partial charge in [-0.3, -0.25) is 14.5 Å². The fourth-order valence-corrected chi connectivity index (χ4v) is 4.27. The Hall–Kier alpha value is -2.40. The van der Waals surface area contributed by atoms with Crippen molar-refractivity contribution in [3.63, 3.8) is 0 Å². The summed E-state index contributed by atoms with van der Waals surface area (Å²) in [6.07, 6.45) is 0.0283. The Morgan fingerprint density at radius 2 is 2.00 bits per heavy atom. The number of ketones is 1. The molecule has 8 heteroatoms. The van der Waals surface area contributed by atoms with Crippen LogP contribution in [0.15, 0.2) is 0 Å². The van der Waals surface area contributed by atoms with Crippen LogP contribution >= 0.6 is 11.3 Å². The van der Waals surface area contributed by atoms with Gasteiger partial charge in [-0.05, 0) is 32.8 Å². The number of carbonyl (C=O) groups excluding carboxylic acids is 3. The average molecular weight is 361 g/mol. The molecule has 0 atom stereocenters. The highest BCUT2D eigenvalue weighted by Crippen LogP contribution is 2.40. The molecule has 1 saturated heterocycles. The number of thiophene rings is 1. The van der Waals surface area contributed by atoms with E-state index in [1.807, 2.05) is 20.8 Å². The van der Waals surface area contributed by atoms with Crippen molar-refractivity contribution in [1.82, 2.24) is 4.90 Å². The number of fused-ring (bicyclic) bond motifs is 1. The Kier molecular flexibility index (Phi) is 4.29. The molecule has 2 aliphatic heterocycles. The predicted octanol–water partition coefficient (Wildman–Crippen LogP) is 2.22. The Morgan fingerprint density at radius 3 is 2.56 bits per heavy atom. The molecule has 0 unspecified atom stereocenters. The maximum atomic E-state index is 12.3. The molecule has 0 aromatic carbocycles. The third-order valence-electron chi connectivity index (χ3n) is 4.03. The summed E-state index contributed by atoms with van der Waals surface area (Å²) in [4.78, 5) is 39.7. The van der Waals surface area contributed by atoms with Crippen molar-refractivity contribution in [3.8, 4) is 6.07 Å². The number of nitrogens with zero attached hydrogens (tertiary/aromatic N) is 3. The lowest BCUT2D eigenvalue weighted by atomic mass is 10.0. The topological polar surface area (TPSA) is 90.7 Å². The van der Waals surface area contributed by atoms with Crippen LogP contribution in [0.3, 0.4) is 0 Å². The highest BCUT2D eigenvalue weighted by molar-refractivity contribution is 7.16. The zero-order valence-corrected chi connectivity index (χ0v) is 15.2. The van der Waals surface area contributed by atoms with Gasteiger partial charge < -0.3 is 9.64 Å². The van der Waals surface area contributed by atoms with E-state index < -0.39 is 5.60 Å². The summed E-state index contributed by atoms with van der Waals surface area (Å²) in [6, 6.07) is 2.17. The van der Waals surface area contributed by atoms with E-state index >= 15 is 0 Å². The van der Waals surface area contributed by atoms with E-state index in [-0.39, 0.29) is 30.7 Å². The van der Waals surface area contributed by atoms with Crippen LogP contribution in [-0.2, 0) is 27.3 Å². The number of ether oxygens (including phenoxy) is 1. The normalized spacial score (nSPS) is 17.5. The van der Waals surface area contributed by atoms with Gasteiger partial charge in [0, 0.05) is 11.4 Å². The van der Waals surface area contributed by atoms with Crippen LogP contribution in [0.25, 0.3) is 0 Å². The number of rotatable bonds is 1. The lowest BCUT2D eigenvalue weighted by Gasteiger charge is -2.29. The smallest absolute Gasteiger partial charge is 0.410 e. The monoisotopic (exact) mass is 361 g/mol. The summed E-state index contributed by atoms with van der Waals surface area (Å²) in [5.41, 5.74) is 0.749. The number of nitriles is 1. The third-order valence-corrected chi connectivity index (χ3v) is 5.27. The molecular weight excluding hydrogens is 342 g/mol. The first-order valence-corrected chi connectivity index (χ1v) is 8.86. The quantitative estimate of drug-likeness (QED) is 0.715. The van der Waals surface area contributed by atoms with Gasteiger partial charge in [0.15, 0.2) is 5.78 Å². The van der Waals surface area contributed by atoms with Crippen LogP contribution < -0.4 is 4.90 Å². The van der Waals surface area contributed by atoms with Gasteiger partial charge in [-0.2, -0.15) is 5.26 Å². The molecule has 25 heavy (non-hydrogen) atoms. The van der Waals surface area contributed by atoms with Gasteiger partial charge in [0.25, 0.3) is 0 Å². The molecule has 2 aliphatic rings. The SMILES string of the molecule is CC(C)(C)OC(=O)N1CCc2c(sc(N3CC(=O)CC3=O)c2C#N)C1. The number of carbonyl (C=O) groups is 3. The first-order chi connectivity index (χ1) is 11.7. The number of hydrogen-bond acceptors (Lipinski definition) is 6. The fourth-order valence-electron chi connectivity index (χ4n) is 2.95. The molecule has 3 rings (SSSR count). The van der Waals surface area contributed by atoms with Crippen molar-refractivity contribution in [2.24, 2.45) is 0 Å². The molecule has 0 N–H and O–H groups in total. The van der Waals surface area contributed by atoms with Crippen LogP contribution in [0.5, 0.6) is 0 Å². The Bertz CT molecular complexity index is 800. The summed E-state index contributed by atoms with van der Waals surface area (Å²) in [5.74, 6) is -0.417. The molecule has 0 aliphatic carbocycles. The van der Waals surface area contributed by atoms with Crippen molar-refractivity contribution < 1.29 is 19.1 Å². The number of amides is 2. The third kappa shape index (κ3) is 3.37. The standard InChI is InChI=1S/C17H19N3O4S/c1-17(2,3)24-16(23)19-5-4-11-12(7-18)15(25-13(11)9-19)20-8-10(21)6-14(20)22/h4-6,8-9H2,1-3H3. The molecule has 1 aromatic heterocycles. The van der Waals surface area contributed by atoms with Gasteiger partial charge >= 0.3 is 6.09 Å². The summed E-state index contributed by atoms with van der Waals surface area (Å²) in [7, 11) is 0. The van der Waals surface area contributed by atoms with E-state index in [1.54, 1.807) is 4.90 Å². The maximum Gasteiger partial charge on any atom is 0.410 e. The minimum atomic E-state index is -0.571. The van der Waals surface area contributed by atoms with Crippen LogP contribution in [0.2, 0.25) is 0 Å². The fraction of sp³-hybridized carbons (Fsp3) is 0.529. The minimum absolute atomic E-state index is 0.0166. The Labute approximate surface area is 149 Å². The van der Waals surface area contributed by atoms with E-state index in [4.69, 9.17) is 4.74 Å². The van der Waals surface area contributed by atoms with Crippen LogP contribution in [0, 0.1) is 11.3 Å². The molecule has 0 radical (unpaired) electrons. The molecule has 132 valence electrons. The van der Waals surface area contributed by atoms with Gasteiger partial charge in [-0.25, -0.2) is 4.79 Å². The van der Waals surface area contributed by atoms with Gasteiger partial charge in [0.2, 0.25) is 5.91 Å². The van der Waals surface area contributed by atoms with E-state index in [9.17, 15) is 19.6 Å². The predicted molar refractivity (Wildman–Crippen MR) is 91.4 cm³/mol. The van der Waals surface area contributed by atoms with Gasteiger partial charge in [-0.1, -0.05) is 0 Å². The van der Waals surface area contributed by atoms with E-state index in [0.717, 1.165) is 10.4 Å². The minimum Gasteiger partial charge on any atom is -0.444 e. The second-order valence-corrected chi connectivity index (χ2v) is 8.23. The first kappa shape index (κ1) is 17.4. The second-order valence-electron chi connectivity index (χ2n) is 7.14. The van der Waals surface area contributed by atoms with Crippen molar-refractivity contribution >= 4 is 34.1 Å². The summed E-state index contributed by atoms with van der Waals surface area (Å²) >= 11 is 1.31. The van der Waals surface area contributed by atoms with E-state index in [0.29, 0.717) is 30.1 Å². The van der Waals surface area contributed by atoms with E-state index in [2.05, 4.69) is 6.07 Å². The van der Waals surface area contributed by atoms with Crippen molar-refractivity contribution in [2.75, 3.05) is 18.0 Å². The molecule has 2 amide bonds. The second kappa shape index (κ2) is 6.15. The molecule has 0 bridgehead atoms. The molecular formula is C17H19N3O4S. The maximum absolute atomic E-state index is 12.3. The lowest BCUT2D eigenvalue weighted by molar-refractivity contribution is -0.121. The highest BCUT2D eigenvalue weighted by atomic mass is 32.1. The van der Waals surface area contributed by atoms with E-state index in [1.165, 1.54) is 16.2 Å². The van der Waals surface area contributed by atoms with Crippen molar-refractivity contribution in [1.29, 1.82) is 5.26 Å². The van der Waals surface area contributed by atoms with Gasteiger partial charge in [0.1, 0.15) is 16.7 Å². The molecule has 1 fully saturated rings. The van der Waals surface area contributed by atoms with Crippen LogP contribution in [-0.4, -0.2) is 41.4 Å². The van der Waals surface area contributed by atoms with Crippen molar-refractivity contribution in [2.45, 2.75) is 45.8 Å². The van der Waals surface area contributed by atoms with Crippen molar-refractivity contribution in [3.05, 3.63) is 16.0 Å². The lowest BCUT2D eigenvalue weighted by Crippen LogP contribution is -2.39. The zero-order valence-electron chi connectivity index (χ0n) is 14.4. The summed E-state index contributed by atoms with van der Waals surface area (Å²) in [5, 5.41) is 10.1. The van der Waals surface area contributed by atoms with Crippen LogP contribution in [0.1, 0.15) is 43.2 Å². The summed E-state index contributed by atoms with van der Waals surface area (Å²) in [6.45, 7) is 6.26. The number of anilines is 1. The van der Waals surface area contributed by atoms with Gasteiger partial charge in [0.05, 0.1) is 25.1 Å². The molecule has 0 saturated carbocycles. The largest absolute Gasteiger partial charge is 0.444 e. The van der Waals surface area contributed by atoms with Gasteiger partial charge in [-0.15, -0.1) is 11.3 Å². The number of hydrogen-bond donors (Lipinski definition) is 0. The first-order valence-electron chi connectivity index (χ1n) is 8.04. The zero-order chi connectivity index (χ0) is 18.4. The Balaban J connectivity index is 1.87. The summed E-state index contributed by atoms with van der Waals surface area (Å²) < 4.78 is 5.40. The van der Waals surface area contributed by atoms with Crippen LogP contribution in [0.4, 0.5) is 9.80 Å². The molecule has 1 aromatic rings.